The number of aromatic nitrogens is 1. The molecule has 0 spiro atoms. The molecule has 1 unspecified atom stereocenters. The second-order valence-electron chi connectivity index (χ2n) is 6.65. The molecule has 0 radical (unpaired) electrons. The first-order chi connectivity index (χ1) is 12.1. The number of rotatable bonds is 6. The Morgan fingerprint density at radius 3 is 2.64 bits per heavy atom. The summed E-state index contributed by atoms with van der Waals surface area (Å²) in [7, 11) is 0. The molecule has 0 bridgehead atoms. The maximum Gasteiger partial charge on any atom is 0.322 e. The minimum Gasteiger partial charge on any atom is -0.321 e. The van der Waals surface area contributed by atoms with Gasteiger partial charge in [0.15, 0.2) is 5.15 Å². The van der Waals surface area contributed by atoms with Gasteiger partial charge in [-0.15, -0.1) is 0 Å². The third kappa shape index (κ3) is 4.51. The fraction of sp³-hybridized carbons (Fsp3) is 0.400. The highest BCUT2D eigenvalue weighted by Crippen LogP contribution is 2.37. The molecule has 1 saturated carbocycles. The van der Waals surface area contributed by atoms with Crippen LogP contribution in [0.3, 0.4) is 0 Å². The average molecular weight is 358 g/mol. The molecule has 1 aromatic carbocycles. The maximum absolute atomic E-state index is 12.8. The van der Waals surface area contributed by atoms with Gasteiger partial charge in [0, 0.05) is 18.8 Å². The molecule has 1 N–H and O–H groups in total. The third-order valence-corrected chi connectivity index (χ3v) is 5.04. The molecule has 0 aliphatic heterocycles. The summed E-state index contributed by atoms with van der Waals surface area (Å²) in [4.78, 5) is 18.8. The molecular formula is C20H24ClN3O. The number of halogens is 1. The molecule has 1 fully saturated rings. The number of hydrogen-bond acceptors (Lipinski definition) is 2. The SMILES string of the molecule is CCN(C(=O)Nc1cccnc1Cl)C(Cc1ccc(C)cc1)C1CC1. The van der Waals surface area contributed by atoms with Crippen LogP contribution in [0.4, 0.5) is 10.5 Å². The fourth-order valence-electron chi connectivity index (χ4n) is 3.17. The predicted octanol–water partition coefficient (Wildman–Crippen LogP) is 4.92. The lowest BCUT2D eigenvalue weighted by Crippen LogP contribution is -2.45. The van der Waals surface area contributed by atoms with Crippen LogP contribution in [-0.2, 0) is 6.42 Å². The Labute approximate surface area is 154 Å². The van der Waals surface area contributed by atoms with E-state index in [1.807, 2.05) is 11.8 Å². The van der Waals surface area contributed by atoms with Gasteiger partial charge in [-0.05, 0) is 56.7 Å². The van der Waals surface area contributed by atoms with Crippen LogP contribution in [0.2, 0.25) is 5.15 Å². The van der Waals surface area contributed by atoms with E-state index in [0.29, 0.717) is 23.3 Å². The number of carbonyl (C=O) groups excluding carboxylic acids is 1. The van der Waals surface area contributed by atoms with Crippen LogP contribution < -0.4 is 5.32 Å². The molecule has 0 saturated heterocycles. The van der Waals surface area contributed by atoms with Crippen molar-refractivity contribution >= 4 is 23.3 Å². The highest BCUT2D eigenvalue weighted by atomic mass is 35.5. The summed E-state index contributed by atoms with van der Waals surface area (Å²) in [5, 5.41) is 3.23. The van der Waals surface area contributed by atoms with E-state index in [0.717, 1.165) is 6.42 Å². The Hall–Kier alpha value is -2.07. The van der Waals surface area contributed by atoms with E-state index in [-0.39, 0.29) is 12.1 Å². The number of benzene rings is 1. The van der Waals surface area contributed by atoms with E-state index in [1.165, 1.54) is 24.0 Å². The van der Waals surface area contributed by atoms with Crippen molar-refractivity contribution < 1.29 is 4.79 Å². The number of likely N-dealkylation sites (N-methyl/N-ethyl adjacent to an activating group) is 1. The number of nitrogens with one attached hydrogen (secondary N) is 1. The molecule has 3 rings (SSSR count). The molecule has 2 amide bonds. The molecule has 132 valence electrons. The summed E-state index contributed by atoms with van der Waals surface area (Å²) in [6, 6.07) is 12.2. The van der Waals surface area contributed by atoms with Crippen LogP contribution in [0.15, 0.2) is 42.6 Å². The molecule has 25 heavy (non-hydrogen) atoms. The zero-order chi connectivity index (χ0) is 17.8. The molecular weight excluding hydrogens is 334 g/mol. The van der Waals surface area contributed by atoms with E-state index in [1.54, 1.807) is 18.3 Å². The lowest BCUT2D eigenvalue weighted by atomic mass is 10.00. The number of anilines is 1. The van der Waals surface area contributed by atoms with Crippen LogP contribution in [0.1, 0.15) is 30.9 Å². The summed E-state index contributed by atoms with van der Waals surface area (Å²) in [5.74, 6) is 0.580. The van der Waals surface area contributed by atoms with Crippen molar-refractivity contribution in [1.29, 1.82) is 0 Å². The Balaban J connectivity index is 1.74. The van der Waals surface area contributed by atoms with Gasteiger partial charge >= 0.3 is 6.03 Å². The van der Waals surface area contributed by atoms with E-state index in [2.05, 4.69) is 41.5 Å². The van der Waals surface area contributed by atoms with Crippen molar-refractivity contribution in [1.82, 2.24) is 9.88 Å². The molecule has 1 atom stereocenters. The van der Waals surface area contributed by atoms with Crippen LogP contribution in [0.25, 0.3) is 0 Å². The largest absolute Gasteiger partial charge is 0.322 e. The molecule has 5 heteroatoms. The summed E-state index contributed by atoms with van der Waals surface area (Å²) in [6.45, 7) is 4.78. The first kappa shape index (κ1) is 17.7. The molecule has 4 nitrogen and oxygen atoms in total. The summed E-state index contributed by atoms with van der Waals surface area (Å²) < 4.78 is 0. The summed E-state index contributed by atoms with van der Waals surface area (Å²) in [6.07, 6.45) is 4.87. The van der Waals surface area contributed by atoms with Gasteiger partial charge in [-0.25, -0.2) is 9.78 Å². The first-order valence-corrected chi connectivity index (χ1v) is 9.20. The second kappa shape index (κ2) is 7.87. The quantitative estimate of drug-likeness (QED) is 0.746. The molecule has 1 aliphatic carbocycles. The first-order valence-electron chi connectivity index (χ1n) is 8.82. The zero-order valence-corrected chi connectivity index (χ0v) is 15.5. The minimum absolute atomic E-state index is 0.110. The van der Waals surface area contributed by atoms with Crippen molar-refractivity contribution in [3.05, 3.63) is 58.9 Å². The van der Waals surface area contributed by atoms with Crippen LogP contribution in [0.5, 0.6) is 0 Å². The number of pyridine rings is 1. The Bertz CT molecular complexity index is 728. The third-order valence-electron chi connectivity index (χ3n) is 4.73. The van der Waals surface area contributed by atoms with Crippen molar-refractivity contribution in [2.24, 2.45) is 5.92 Å². The van der Waals surface area contributed by atoms with Gasteiger partial charge in [0.25, 0.3) is 0 Å². The fourth-order valence-corrected chi connectivity index (χ4v) is 3.34. The lowest BCUT2D eigenvalue weighted by molar-refractivity contribution is 0.182. The Morgan fingerprint density at radius 2 is 2.04 bits per heavy atom. The van der Waals surface area contributed by atoms with Crippen molar-refractivity contribution in [2.45, 2.75) is 39.2 Å². The normalized spacial score (nSPS) is 14.8. The lowest BCUT2D eigenvalue weighted by Gasteiger charge is -2.31. The summed E-state index contributed by atoms with van der Waals surface area (Å²) in [5.41, 5.74) is 3.08. The Morgan fingerprint density at radius 1 is 1.32 bits per heavy atom. The van der Waals surface area contributed by atoms with Crippen molar-refractivity contribution in [3.63, 3.8) is 0 Å². The highest BCUT2D eigenvalue weighted by molar-refractivity contribution is 6.32. The molecule has 2 aromatic rings. The van der Waals surface area contributed by atoms with E-state index >= 15 is 0 Å². The number of aryl methyl sites for hydroxylation is 1. The van der Waals surface area contributed by atoms with Crippen LogP contribution in [-0.4, -0.2) is 28.5 Å². The second-order valence-corrected chi connectivity index (χ2v) is 7.01. The van der Waals surface area contributed by atoms with E-state index in [9.17, 15) is 4.79 Å². The number of carbonyl (C=O) groups is 1. The highest BCUT2D eigenvalue weighted by Gasteiger charge is 2.37. The maximum atomic E-state index is 12.8. The van der Waals surface area contributed by atoms with Gasteiger partial charge < -0.3 is 10.2 Å². The number of hydrogen-bond donors (Lipinski definition) is 1. The van der Waals surface area contributed by atoms with Gasteiger partial charge in [0.1, 0.15) is 0 Å². The van der Waals surface area contributed by atoms with Crippen molar-refractivity contribution in [2.75, 3.05) is 11.9 Å². The smallest absolute Gasteiger partial charge is 0.321 e. The monoisotopic (exact) mass is 357 g/mol. The van der Waals surface area contributed by atoms with Gasteiger partial charge in [0.2, 0.25) is 0 Å². The van der Waals surface area contributed by atoms with E-state index < -0.39 is 0 Å². The molecule has 1 heterocycles. The molecule has 1 aromatic heterocycles. The average Bonchev–Trinajstić information content (AvgIpc) is 3.43. The van der Waals surface area contributed by atoms with Gasteiger partial charge in [-0.2, -0.15) is 0 Å². The van der Waals surface area contributed by atoms with Crippen molar-refractivity contribution in [3.8, 4) is 0 Å². The van der Waals surface area contributed by atoms with Crippen LogP contribution in [0, 0.1) is 12.8 Å². The predicted molar refractivity (Wildman–Crippen MR) is 102 cm³/mol. The van der Waals surface area contributed by atoms with Gasteiger partial charge in [-0.1, -0.05) is 41.4 Å². The number of amides is 2. The Kier molecular flexibility index (Phi) is 5.59. The number of urea groups is 1. The van der Waals surface area contributed by atoms with E-state index in [4.69, 9.17) is 11.6 Å². The minimum atomic E-state index is -0.110. The van der Waals surface area contributed by atoms with Crippen LogP contribution >= 0.6 is 11.6 Å². The number of nitrogens with zero attached hydrogens (tertiary/aromatic N) is 2. The zero-order valence-electron chi connectivity index (χ0n) is 14.7. The standard InChI is InChI=1S/C20H24ClN3O/c1-3-24(20(25)23-17-5-4-12-22-19(17)21)18(16-10-11-16)13-15-8-6-14(2)7-9-15/h4-9,12,16,18H,3,10-11,13H2,1-2H3,(H,23,25). The van der Waals surface area contributed by atoms with Gasteiger partial charge in [-0.3, -0.25) is 0 Å². The topological polar surface area (TPSA) is 45.2 Å². The van der Waals surface area contributed by atoms with Gasteiger partial charge in [0.05, 0.1) is 5.69 Å². The summed E-state index contributed by atoms with van der Waals surface area (Å²) >= 11 is 6.07. The molecule has 1 aliphatic rings.